The molecular formula is C14H19ClN4. The molecule has 2 rings (SSSR count). The van der Waals surface area contributed by atoms with Crippen molar-refractivity contribution in [2.75, 3.05) is 0 Å². The third-order valence-electron chi connectivity index (χ3n) is 2.81. The van der Waals surface area contributed by atoms with Gasteiger partial charge in [-0.3, -0.25) is 0 Å². The maximum atomic E-state index is 6.18. The Morgan fingerprint density at radius 3 is 2.63 bits per heavy atom. The summed E-state index contributed by atoms with van der Waals surface area (Å²) in [5.74, 6) is 0.801. The molecule has 0 bridgehead atoms. The molecule has 2 heterocycles. The van der Waals surface area contributed by atoms with Gasteiger partial charge >= 0.3 is 0 Å². The highest BCUT2D eigenvalue weighted by atomic mass is 35.5. The fraction of sp³-hybridized carbons (Fsp3) is 0.429. The standard InChI is InChI=1S/C14H19ClN4/c1-9(2)16-8-13-12(15)5-6-14(17-13)19-11(4)7-10(3)18-19/h5-7,9,16H,8H2,1-4H3. The lowest BCUT2D eigenvalue weighted by Crippen LogP contribution is -2.23. The number of hydrogen-bond acceptors (Lipinski definition) is 3. The van der Waals surface area contributed by atoms with E-state index in [4.69, 9.17) is 11.6 Å². The van der Waals surface area contributed by atoms with Gasteiger partial charge in [0.15, 0.2) is 5.82 Å². The lowest BCUT2D eigenvalue weighted by molar-refractivity contribution is 0.580. The molecule has 0 saturated heterocycles. The van der Waals surface area contributed by atoms with Crippen LogP contribution < -0.4 is 5.32 Å². The quantitative estimate of drug-likeness (QED) is 0.935. The normalized spacial score (nSPS) is 11.3. The minimum Gasteiger partial charge on any atom is -0.309 e. The maximum absolute atomic E-state index is 6.18. The number of hydrogen-bond donors (Lipinski definition) is 1. The Hall–Kier alpha value is -1.39. The fourth-order valence-electron chi connectivity index (χ4n) is 1.88. The molecule has 0 amide bonds. The minimum absolute atomic E-state index is 0.398. The topological polar surface area (TPSA) is 42.7 Å². The van der Waals surface area contributed by atoms with Gasteiger partial charge in [-0.05, 0) is 32.0 Å². The first-order valence-corrected chi connectivity index (χ1v) is 6.77. The van der Waals surface area contributed by atoms with Crippen molar-refractivity contribution < 1.29 is 0 Å². The van der Waals surface area contributed by atoms with E-state index in [1.54, 1.807) is 0 Å². The molecule has 0 aromatic carbocycles. The first-order valence-electron chi connectivity index (χ1n) is 6.40. The van der Waals surface area contributed by atoms with Gasteiger partial charge in [0.25, 0.3) is 0 Å². The van der Waals surface area contributed by atoms with Crippen LogP contribution in [0.15, 0.2) is 18.2 Å². The van der Waals surface area contributed by atoms with Crippen LogP contribution in [0.2, 0.25) is 5.02 Å². The van der Waals surface area contributed by atoms with Crippen LogP contribution in [0.25, 0.3) is 5.82 Å². The van der Waals surface area contributed by atoms with Gasteiger partial charge in [0.2, 0.25) is 0 Å². The van der Waals surface area contributed by atoms with Crippen molar-refractivity contribution in [1.29, 1.82) is 0 Å². The Labute approximate surface area is 118 Å². The van der Waals surface area contributed by atoms with Crippen LogP contribution in [-0.2, 0) is 6.54 Å². The third-order valence-corrected chi connectivity index (χ3v) is 3.15. The summed E-state index contributed by atoms with van der Waals surface area (Å²) in [6.07, 6.45) is 0. The van der Waals surface area contributed by atoms with E-state index < -0.39 is 0 Å². The lowest BCUT2D eigenvalue weighted by Gasteiger charge is -2.11. The maximum Gasteiger partial charge on any atom is 0.154 e. The van der Waals surface area contributed by atoms with Gasteiger partial charge in [0.05, 0.1) is 16.4 Å². The fourth-order valence-corrected chi connectivity index (χ4v) is 2.05. The van der Waals surface area contributed by atoms with Crippen molar-refractivity contribution in [2.24, 2.45) is 0 Å². The van der Waals surface area contributed by atoms with Gasteiger partial charge in [-0.25, -0.2) is 9.67 Å². The Bertz CT molecular complexity index is 575. The van der Waals surface area contributed by atoms with Crippen LogP contribution in [0, 0.1) is 13.8 Å². The largest absolute Gasteiger partial charge is 0.309 e. The van der Waals surface area contributed by atoms with E-state index in [9.17, 15) is 0 Å². The molecular weight excluding hydrogens is 260 g/mol. The zero-order chi connectivity index (χ0) is 14.0. The lowest BCUT2D eigenvalue weighted by atomic mass is 10.3. The van der Waals surface area contributed by atoms with Gasteiger partial charge in [0, 0.05) is 18.3 Å². The zero-order valence-corrected chi connectivity index (χ0v) is 12.5. The Kier molecular flexibility index (Phi) is 4.22. The summed E-state index contributed by atoms with van der Waals surface area (Å²) >= 11 is 6.18. The van der Waals surface area contributed by atoms with Gasteiger partial charge in [-0.2, -0.15) is 5.10 Å². The molecule has 102 valence electrons. The summed E-state index contributed by atoms with van der Waals surface area (Å²) in [4.78, 5) is 4.59. The Balaban J connectivity index is 2.32. The molecule has 0 spiro atoms. The van der Waals surface area contributed by atoms with Crippen molar-refractivity contribution in [3.63, 3.8) is 0 Å². The molecule has 2 aromatic rings. The van der Waals surface area contributed by atoms with Crippen molar-refractivity contribution in [3.8, 4) is 5.82 Å². The number of nitrogens with zero attached hydrogens (tertiary/aromatic N) is 3. The number of aryl methyl sites for hydroxylation is 2. The van der Waals surface area contributed by atoms with E-state index in [-0.39, 0.29) is 0 Å². The molecule has 0 aliphatic rings. The predicted molar refractivity (Wildman–Crippen MR) is 77.8 cm³/mol. The average Bonchev–Trinajstić information content (AvgIpc) is 2.67. The van der Waals surface area contributed by atoms with Gasteiger partial charge in [-0.1, -0.05) is 25.4 Å². The van der Waals surface area contributed by atoms with E-state index >= 15 is 0 Å². The van der Waals surface area contributed by atoms with E-state index in [2.05, 4.69) is 29.2 Å². The Morgan fingerprint density at radius 1 is 1.32 bits per heavy atom. The van der Waals surface area contributed by atoms with E-state index in [0.717, 1.165) is 22.9 Å². The second-order valence-electron chi connectivity index (χ2n) is 4.97. The molecule has 0 saturated carbocycles. The monoisotopic (exact) mass is 278 g/mol. The molecule has 0 aliphatic carbocycles. The van der Waals surface area contributed by atoms with Crippen LogP contribution in [0.5, 0.6) is 0 Å². The van der Waals surface area contributed by atoms with Crippen molar-refractivity contribution in [3.05, 3.63) is 40.3 Å². The molecule has 1 N–H and O–H groups in total. The number of halogens is 1. The van der Waals surface area contributed by atoms with Gasteiger partial charge in [-0.15, -0.1) is 0 Å². The van der Waals surface area contributed by atoms with Crippen LogP contribution in [0.3, 0.4) is 0 Å². The third kappa shape index (κ3) is 3.33. The van der Waals surface area contributed by atoms with E-state index in [1.165, 1.54) is 0 Å². The molecule has 0 unspecified atom stereocenters. The number of aromatic nitrogens is 3. The highest BCUT2D eigenvalue weighted by Crippen LogP contribution is 2.17. The molecule has 5 heteroatoms. The molecule has 0 radical (unpaired) electrons. The van der Waals surface area contributed by atoms with Crippen molar-refractivity contribution in [2.45, 2.75) is 40.3 Å². The van der Waals surface area contributed by atoms with Gasteiger partial charge < -0.3 is 5.32 Å². The molecule has 4 nitrogen and oxygen atoms in total. The van der Waals surface area contributed by atoms with Gasteiger partial charge in [0.1, 0.15) is 0 Å². The number of rotatable bonds is 4. The molecule has 19 heavy (non-hydrogen) atoms. The average molecular weight is 279 g/mol. The first kappa shape index (κ1) is 14.0. The molecule has 0 atom stereocenters. The summed E-state index contributed by atoms with van der Waals surface area (Å²) in [5, 5.41) is 8.44. The van der Waals surface area contributed by atoms with Crippen LogP contribution in [-0.4, -0.2) is 20.8 Å². The van der Waals surface area contributed by atoms with Crippen molar-refractivity contribution in [1.82, 2.24) is 20.1 Å². The Morgan fingerprint density at radius 2 is 2.05 bits per heavy atom. The van der Waals surface area contributed by atoms with Crippen LogP contribution >= 0.6 is 11.6 Å². The first-order chi connectivity index (χ1) is 8.97. The predicted octanol–water partition coefficient (Wildman–Crippen LogP) is 3.04. The molecule has 0 fully saturated rings. The van der Waals surface area contributed by atoms with Crippen molar-refractivity contribution >= 4 is 11.6 Å². The summed E-state index contributed by atoms with van der Waals surface area (Å²) in [6, 6.07) is 6.19. The smallest absolute Gasteiger partial charge is 0.154 e. The SMILES string of the molecule is Cc1cc(C)n(-c2ccc(Cl)c(CNC(C)C)n2)n1. The minimum atomic E-state index is 0.398. The summed E-state index contributed by atoms with van der Waals surface area (Å²) < 4.78 is 1.84. The van der Waals surface area contributed by atoms with Crippen LogP contribution in [0.1, 0.15) is 30.9 Å². The zero-order valence-electron chi connectivity index (χ0n) is 11.7. The van der Waals surface area contributed by atoms with E-state index in [0.29, 0.717) is 17.6 Å². The highest BCUT2D eigenvalue weighted by Gasteiger charge is 2.09. The second-order valence-corrected chi connectivity index (χ2v) is 5.38. The van der Waals surface area contributed by atoms with Crippen LogP contribution in [0.4, 0.5) is 0 Å². The summed E-state index contributed by atoms with van der Waals surface area (Å²) in [6.45, 7) is 8.84. The molecule has 2 aromatic heterocycles. The second kappa shape index (κ2) is 5.72. The number of pyridine rings is 1. The molecule has 0 aliphatic heterocycles. The van der Waals surface area contributed by atoms with E-state index in [1.807, 2.05) is 36.7 Å². The summed E-state index contributed by atoms with van der Waals surface area (Å²) in [5.41, 5.74) is 2.90. The highest BCUT2D eigenvalue weighted by molar-refractivity contribution is 6.31. The number of nitrogens with one attached hydrogen (secondary N) is 1. The summed E-state index contributed by atoms with van der Waals surface area (Å²) in [7, 11) is 0.